The van der Waals surface area contributed by atoms with Crippen molar-refractivity contribution in [3.05, 3.63) is 70.1 Å². The molecule has 1 aliphatic carbocycles. The molecule has 0 saturated carbocycles. The quantitative estimate of drug-likeness (QED) is 0.409. The van der Waals surface area contributed by atoms with E-state index in [-0.39, 0.29) is 23.9 Å². The molecular formula is C32H37N7O2. The number of rotatable bonds is 5. The summed E-state index contributed by atoms with van der Waals surface area (Å²) in [5.74, 6) is 0.415. The van der Waals surface area contributed by atoms with Crippen molar-refractivity contribution < 1.29 is 4.79 Å². The van der Waals surface area contributed by atoms with Gasteiger partial charge in [0, 0.05) is 31.4 Å². The van der Waals surface area contributed by atoms with E-state index in [1.54, 1.807) is 15.7 Å². The zero-order valence-corrected chi connectivity index (χ0v) is 24.5. The molecule has 0 unspecified atom stereocenters. The number of aromatic nitrogens is 4. The Hall–Kier alpha value is -4.32. The van der Waals surface area contributed by atoms with Crippen molar-refractivity contribution in [2.75, 3.05) is 18.0 Å². The average Bonchev–Trinajstić information content (AvgIpc) is 2.97. The average molecular weight is 552 g/mol. The molecule has 212 valence electrons. The Morgan fingerprint density at radius 3 is 2.63 bits per heavy atom. The number of carbonyl (C=O) groups is 1. The molecule has 0 aromatic carbocycles. The standard InChI is InChI=1S/C32H37N7O2/c1-7-26(40)37-17-22(6)38(18-21(37)5)30-25-15-24(16-33)28(23-11-9-8-10-12-23)35-31(25)39(32(41)36-30)29-20(4)13-14-34-27(29)19(2)3/h7,11,13-15,19,21-22H,1,8-10,12,17-18H2,2-6H3/t21-,22+/m1/s1. The van der Waals surface area contributed by atoms with E-state index in [2.05, 4.69) is 33.6 Å². The van der Waals surface area contributed by atoms with Gasteiger partial charge in [-0.3, -0.25) is 9.78 Å². The molecule has 9 heteroatoms. The molecule has 1 aliphatic heterocycles. The smallest absolute Gasteiger partial charge is 0.349 e. The van der Waals surface area contributed by atoms with Crippen molar-refractivity contribution in [2.45, 2.75) is 78.3 Å². The minimum atomic E-state index is -0.448. The number of fused-ring (bicyclic) bond motifs is 1. The predicted molar refractivity (Wildman–Crippen MR) is 161 cm³/mol. The molecule has 4 heterocycles. The number of hydrogen-bond acceptors (Lipinski definition) is 7. The van der Waals surface area contributed by atoms with E-state index in [0.717, 1.165) is 42.5 Å². The Morgan fingerprint density at radius 1 is 1.20 bits per heavy atom. The second-order valence-electron chi connectivity index (χ2n) is 11.5. The summed E-state index contributed by atoms with van der Waals surface area (Å²) in [4.78, 5) is 44.8. The largest absolute Gasteiger partial charge is 0.355 e. The van der Waals surface area contributed by atoms with Crippen molar-refractivity contribution in [1.29, 1.82) is 5.26 Å². The summed E-state index contributed by atoms with van der Waals surface area (Å²) in [6.07, 6.45) is 9.19. The number of pyridine rings is 2. The molecule has 3 aromatic rings. The van der Waals surface area contributed by atoms with Gasteiger partial charge in [-0.25, -0.2) is 14.3 Å². The van der Waals surface area contributed by atoms with Gasteiger partial charge in [0.2, 0.25) is 5.91 Å². The van der Waals surface area contributed by atoms with Crippen LogP contribution < -0.4 is 10.6 Å². The Morgan fingerprint density at radius 2 is 1.98 bits per heavy atom. The van der Waals surface area contributed by atoms with Crippen LogP contribution in [-0.2, 0) is 4.79 Å². The minimum Gasteiger partial charge on any atom is -0.349 e. The maximum absolute atomic E-state index is 14.1. The Balaban J connectivity index is 1.82. The summed E-state index contributed by atoms with van der Waals surface area (Å²) in [7, 11) is 0. The normalized spacial score (nSPS) is 19.3. The van der Waals surface area contributed by atoms with E-state index in [1.165, 1.54) is 6.08 Å². The van der Waals surface area contributed by atoms with Crippen molar-refractivity contribution in [3.8, 4) is 11.8 Å². The number of hydrogen-bond donors (Lipinski definition) is 0. The maximum atomic E-state index is 14.1. The van der Waals surface area contributed by atoms with Crippen LogP contribution in [0.1, 0.15) is 81.8 Å². The highest BCUT2D eigenvalue weighted by Crippen LogP contribution is 2.35. The van der Waals surface area contributed by atoms with Gasteiger partial charge in [0.05, 0.1) is 28.0 Å². The topological polar surface area (TPSA) is 108 Å². The van der Waals surface area contributed by atoms with Crippen molar-refractivity contribution in [3.63, 3.8) is 0 Å². The fourth-order valence-electron chi connectivity index (χ4n) is 6.06. The van der Waals surface area contributed by atoms with Gasteiger partial charge in [-0.05, 0) is 81.7 Å². The summed E-state index contributed by atoms with van der Waals surface area (Å²) in [5.41, 5.74) is 4.50. The second kappa shape index (κ2) is 11.3. The summed E-state index contributed by atoms with van der Waals surface area (Å²) in [6.45, 7) is 14.6. The lowest BCUT2D eigenvalue weighted by atomic mass is 9.94. The molecule has 9 nitrogen and oxygen atoms in total. The molecule has 3 aromatic heterocycles. The lowest BCUT2D eigenvalue weighted by Crippen LogP contribution is -2.58. The van der Waals surface area contributed by atoms with Crippen LogP contribution in [-0.4, -0.2) is 55.5 Å². The highest BCUT2D eigenvalue weighted by Gasteiger charge is 2.34. The predicted octanol–water partition coefficient (Wildman–Crippen LogP) is 5.05. The third kappa shape index (κ3) is 5.03. The van der Waals surface area contributed by atoms with Gasteiger partial charge in [-0.15, -0.1) is 0 Å². The highest BCUT2D eigenvalue weighted by atomic mass is 16.2. The number of carbonyl (C=O) groups excluding carboxylic acids is 1. The molecule has 1 saturated heterocycles. The van der Waals surface area contributed by atoms with Gasteiger partial charge in [-0.1, -0.05) is 26.5 Å². The molecule has 5 rings (SSSR count). The van der Waals surface area contributed by atoms with Gasteiger partial charge < -0.3 is 9.80 Å². The lowest BCUT2D eigenvalue weighted by Gasteiger charge is -2.44. The summed E-state index contributed by atoms with van der Waals surface area (Å²) in [6, 6.07) is 5.84. The van der Waals surface area contributed by atoms with Gasteiger partial charge in [0.1, 0.15) is 11.9 Å². The molecule has 2 atom stereocenters. The number of amides is 1. The first-order valence-corrected chi connectivity index (χ1v) is 14.4. The zero-order valence-electron chi connectivity index (χ0n) is 24.5. The third-order valence-electron chi connectivity index (χ3n) is 8.20. The fraction of sp³-hybridized carbons (Fsp3) is 0.438. The third-order valence-corrected chi connectivity index (χ3v) is 8.20. The first-order valence-electron chi connectivity index (χ1n) is 14.4. The fourth-order valence-corrected chi connectivity index (χ4v) is 6.06. The van der Waals surface area contributed by atoms with E-state index in [4.69, 9.17) is 4.98 Å². The maximum Gasteiger partial charge on any atom is 0.355 e. The van der Waals surface area contributed by atoms with Crippen molar-refractivity contribution in [2.24, 2.45) is 0 Å². The number of aryl methyl sites for hydroxylation is 1. The van der Waals surface area contributed by atoms with Crippen LogP contribution in [0.3, 0.4) is 0 Å². The SMILES string of the molecule is C=CC(=O)N1C[C@H](C)N(c2nc(=O)n(-c3c(C)ccnc3C(C)C)c3nc(C4=CCCCC4)c(C#N)cc23)C[C@H]1C. The summed E-state index contributed by atoms with van der Waals surface area (Å²) >= 11 is 0. The van der Waals surface area contributed by atoms with E-state index in [1.807, 2.05) is 46.8 Å². The molecule has 1 amide bonds. The molecule has 0 bridgehead atoms. The van der Waals surface area contributed by atoms with Gasteiger partial charge in [0.25, 0.3) is 0 Å². The Bertz CT molecular complexity index is 1660. The molecule has 41 heavy (non-hydrogen) atoms. The second-order valence-corrected chi connectivity index (χ2v) is 11.5. The van der Waals surface area contributed by atoms with Gasteiger partial charge in [0.15, 0.2) is 5.65 Å². The summed E-state index contributed by atoms with van der Waals surface area (Å²) in [5, 5.41) is 10.9. The first-order chi connectivity index (χ1) is 19.7. The van der Waals surface area contributed by atoms with Crippen LogP contribution in [0, 0.1) is 18.3 Å². The van der Waals surface area contributed by atoms with Gasteiger partial charge in [-0.2, -0.15) is 10.2 Å². The van der Waals surface area contributed by atoms with E-state index in [0.29, 0.717) is 46.9 Å². The van der Waals surface area contributed by atoms with Crippen LogP contribution in [0.15, 0.2) is 41.9 Å². The Labute approximate surface area is 240 Å². The molecule has 0 radical (unpaired) electrons. The number of allylic oxidation sites excluding steroid dienone is 2. The lowest BCUT2D eigenvalue weighted by molar-refractivity contribution is -0.128. The van der Waals surface area contributed by atoms with E-state index in [9.17, 15) is 14.9 Å². The monoisotopic (exact) mass is 551 g/mol. The molecular weight excluding hydrogens is 514 g/mol. The molecule has 0 spiro atoms. The van der Waals surface area contributed by atoms with Crippen LogP contribution in [0.5, 0.6) is 0 Å². The highest BCUT2D eigenvalue weighted by molar-refractivity contribution is 5.92. The summed E-state index contributed by atoms with van der Waals surface area (Å²) < 4.78 is 1.58. The first kappa shape index (κ1) is 28.2. The molecule has 2 aliphatic rings. The van der Waals surface area contributed by atoms with E-state index < -0.39 is 5.69 Å². The van der Waals surface area contributed by atoms with Crippen LogP contribution in [0.4, 0.5) is 5.82 Å². The van der Waals surface area contributed by atoms with Crippen LogP contribution >= 0.6 is 0 Å². The van der Waals surface area contributed by atoms with Crippen LogP contribution in [0.25, 0.3) is 22.3 Å². The van der Waals surface area contributed by atoms with Gasteiger partial charge >= 0.3 is 5.69 Å². The molecule has 1 fully saturated rings. The van der Waals surface area contributed by atoms with Crippen molar-refractivity contribution in [1.82, 2.24) is 24.4 Å². The molecule has 0 N–H and O–H groups in total. The number of nitriles is 1. The minimum absolute atomic E-state index is 0.0572. The zero-order chi connectivity index (χ0) is 29.4. The number of nitrogens with zero attached hydrogens (tertiary/aromatic N) is 7. The number of piperazine rings is 1. The number of anilines is 1. The van der Waals surface area contributed by atoms with Crippen molar-refractivity contribution >= 4 is 28.3 Å². The Kier molecular flexibility index (Phi) is 7.76. The van der Waals surface area contributed by atoms with Crippen LogP contribution in [0.2, 0.25) is 0 Å². The van der Waals surface area contributed by atoms with E-state index >= 15 is 0 Å².